The molecular weight excluding hydrogens is 174 g/mol. The molecule has 0 aliphatic rings. The molecule has 0 saturated heterocycles. The van der Waals surface area contributed by atoms with Crippen molar-refractivity contribution < 1.29 is 0 Å². The Morgan fingerprint density at radius 2 is 2.25 bits per heavy atom. The molecule has 2 unspecified atom stereocenters. The molecule has 0 fully saturated rings. The third-order valence-corrected chi connectivity index (χ3v) is 2.40. The minimum absolute atomic E-state index is 0.187. The van der Waals surface area contributed by atoms with Crippen LogP contribution in [-0.2, 0) is 13.5 Å². The van der Waals surface area contributed by atoms with Crippen molar-refractivity contribution in [1.82, 2.24) is 15.0 Å². The van der Waals surface area contributed by atoms with Gasteiger partial charge < -0.3 is 0 Å². The van der Waals surface area contributed by atoms with Gasteiger partial charge in [-0.3, -0.25) is 4.68 Å². The van der Waals surface area contributed by atoms with E-state index in [1.807, 2.05) is 20.2 Å². The summed E-state index contributed by atoms with van der Waals surface area (Å²) in [4.78, 5) is 0. The van der Waals surface area contributed by atoms with Gasteiger partial charge in [0, 0.05) is 18.6 Å². The van der Waals surface area contributed by atoms with Gasteiger partial charge in [-0.15, -0.1) is 16.7 Å². The van der Waals surface area contributed by atoms with Gasteiger partial charge in [-0.2, -0.15) is 0 Å². The summed E-state index contributed by atoms with van der Waals surface area (Å²) in [6.07, 6.45) is 2.83. The maximum Gasteiger partial charge on any atom is 0.0830 e. The van der Waals surface area contributed by atoms with E-state index in [9.17, 15) is 0 Å². The molecule has 2 atom stereocenters. The standard InChI is InChI=1S/C8H14ClN3/c1-6(7(2)9)4-8-5-12(3)11-10-8/h5-7H,4H2,1-3H3. The number of alkyl halides is 1. The van der Waals surface area contributed by atoms with Gasteiger partial charge in [0.2, 0.25) is 0 Å². The van der Waals surface area contributed by atoms with Crippen LogP contribution in [-0.4, -0.2) is 20.4 Å². The van der Waals surface area contributed by atoms with E-state index < -0.39 is 0 Å². The number of aryl methyl sites for hydroxylation is 1. The second-order valence-electron chi connectivity index (χ2n) is 3.24. The van der Waals surface area contributed by atoms with Gasteiger partial charge in [-0.05, 0) is 19.3 Å². The van der Waals surface area contributed by atoms with Gasteiger partial charge in [-0.1, -0.05) is 12.1 Å². The minimum atomic E-state index is 0.187. The number of hydrogen-bond acceptors (Lipinski definition) is 2. The first-order valence-corrected chi connectivity index (χ1v) is 4.52. The van der Waals surface area contributed by atoms with Crippen LogP contribution >= 0.6 is 11.6 Å². The van der Waals surface area contributed by atoms with Crippen LogP contribution in [0.3, 0.4) is 0 Å². The molecule has 3 nitrogen and oxygen atoms in total. The van der Waals surface area contributed by atoms with Crippen LogP contribution in [0.5, 0.6) is 0 Å². The second-order valence-corrected chi connectivity index (χ2v) is 3.93. The number of halogens is 1. The van der Waals surface area contributed by atoms with Crippen molar-refractivity contribution in [2.45, 2.75) is 25.6 Å². The fraction of sp³-hybridized carbons (Fsp3) is 0.750. The van der Waals surface area contributed by atoms with Crippen molar-refractivity contribution in [3.8, 4) is 0 Å². The lowest BCUT2D eigenvalue weighted by molar-refractivity contribution is 0.559. The first-order chi connectivity index (χ1) is 5.59. The quantitative estimate of drug-likeness (QED) is 0.674. The van der Waals surface area contributed by atoms with Crippen molar-refractivity contribution >= 4 is 11.6 Å². The molecule has 0 bridgehead atoms. The van der Waals surface area contributed by atoms with Gasteiger partial charge in [0.1, 0.15) is 0 Å². The Hall–Kier alpha value is -0.570. The summed E-state index contributed by atoms with van der Waals surface area (Å²) in [7, 11) is 1.87. The first-order valence-electron chi connectivity index (χ1n) is 4.09. The van der Waals surface area contributed by atoms with Crippen molar-refractivity contribution in [1.29, 1.82) is 0 Å². The molecule has 1 heterocycles. The molecule has 0 aliphatic heterocycles. The molecule has 0 N–H and O–H groups in total. The molecule has 1 aromatic heterocycles. The number of rotatable bonds is 3. The second kappa shape index (κ2) is 3.90. The smallest absolute Gasteiger partial charge is 0.0830 e. The predicted octanol–water partition coefficient (Wildman–Crippen LogP) is 1.62. The Kier molecular flexibility index (Phi) is 3.09. The molecule has 1 rings (SSSR count). The van der Waals surface area contributed by atoms with E-state index in [0.29, 0.717) is 5.92 Å². The maximum absolute atomic E-state index is 5.93. The maximum atomic E-state index is 5.93. The van der Waals surface area contributed by atoms with E-state index in [1.54, 1.807) is 4.68 Å². The lowest BCUT2D eigenvalue weighted by Gasteiger charge is -2.10. The highest BCUT2D eigenvalue weighted by atomic mass is 35.5. The zero-order valence-corrected chi connectivity index (χ0v) is 8.41. The zero-order valence-electron chi connectivity index (χ0n) is 7.66. The zero-order chi connectivity index (χ0) is 9.14. The van der Waals surface area contributed by atoms with Crippen LogP contribution < -0.4 is 0 Å². The number of hydrogen-bond donors (Lipinski definition) is 0. The molecule has 0 radical (unpaired) electrons. The fourth-order valence-electron chi connectivity index (χ4n) is 0.981. The van der Waals surface area contributed by atoms with E-state index in [1.165, 1.54) is 0 Å². The van der Waals surface area contributed by atoms with Gasteiger partial charge in [-0.25, -0.2) is 0 Å². The summed E-state index contributed by atoms with van der Waals surface area (Å²) in [5, 5.41) is 8.03. The van der Waals surface area contributed by atoms with Crippen LogP contribution in [0.4, 0.5) is 0 Å². The van der Waals surface area contributed by atoms with E-state index >= 15 is 0 Å². The van der Waals surface area contributed by atoms with E-state index in [2.05, 4.69) is 17.2 Å². The lowest BCUT2D eigenvalue weighted by Crippen LogP contribution is -2.10. The monoisotopic (exact) mass is 187 g/mol. The largest absolute Gasteiger partial charge is 0.255 e. The van der Waals surface area contributed by atoms with Gasteiger partial charge in [0.25, 0.3) is 0 Å². The molecule has 12 heavy (non-hydrogen) atoms. The molecule has 0 aromatic carbocycles. The molecule has 68 valence electrons. The summed E-state index contributed by atoms with van der Waals surface area (Å²) < 4.78 is 1.71. The van der Waals surface area contributed by atoms with Crippen molar-refractivity contribution in [3.05, 3.63) is 11.9 Å². The van der Waals surface area contributed by atoms with Crippen LogP contribution in [0.15, 0.2) is 6.20 Å². The molecule has 1 aromatic rings. The fourth-order valence-corrected chi connectivity index (χ4v) is 1.07. The van der Waals surface area contributed by atoms with Crippen molar-refractivity contribution in [2.24, 2.45) is 13.0 Å². The normalized spacial score (nSPS) is 16.0. The van der Waals surface area contributed by atoms with E-state index in [-0.39, 0.29) is 5.38 Å². The SMILES string of the molecule is CC(Cl)C(C)Cc1cn(C)nn1. The molecule has 0 amide bonds. The highest BCUT2D eigenvalue weighted by Gasteiger charge is 2.11. The van der Waals surface area contributed by atoms with Crippen LogP contribution in [0.2, 0.25) is 0 Å². The molecule has 4 heteroatoms. The van der Waals surface area contributed by atoms with E-state index in [4.69, 9.17) is 11.6 Å². The molecular formula is C8H14ClN3. The number of aromatic nitrogens is 3. The number of nitrogens with zero attached hydrogens (tertiary/aromatic N) is 3. The van der Waals surface area contributed by atoms with Gasteiger partial charge in [0.05, 0.1) is 5.69 Å². The van der Waals surface area contributed by atoms with Crippen LogP contribution in [0, 0.1) is 5.92 Å². The third-order valence-electron chi connectivity index (χ3n) is 1.97. The van der Waals surface area contributed by atoms with Gasteiger partial charge >= 0.3 is 0 Å². The van der Waals surface area contributed by atoms with Crippen molar-refractivity contribution in [3.63, 3.8) is 0 Å². The Morgan fingerprint density at radius 1 is 1.58 bits per heavy atom. The Morgan fingerprint density at radius 3 is 2.67 bits per heavy atom. The summed E-state index contributed by atoms with van der Waals surface area (Å²) in [6.45, 7) is 4.12. The third kappa shape index (κ3) is 2.48. The van der Waals surface area contributed by atoms with Crippen LogP contribution in [0.25, 0.3) is 0 Å². The van der Waals surface area contributed by atoms with Gasteiger partial charge in [0.15, 0.2) is 0 Å². The summed E-state index contributed by atoms with van der Waals surface area (Å²) in [6, 6.07) is 0. The highest BCUT2D eigenvalue weighted by molar-refractivity contribution is 6.20. The average molecular weight is 188 g/mol. The molecule has 0 aliphatic carbocycles. The Labute approximate surface area is 77.7 Å². The highest BCUT2D eigenvalue weighted by Crippen LogP contribution is 2.13. The average Bonchev–Trinajstić information content (AvgIpc) is 2.35. The lowest BCUT2D eigenvalue weighted by atomic mass is 10.0. The first kappa shape index (κ1) is 9.52. The predicted molar refractivity (Wildman–Crippen MR) is 49.2 cm³/mol. The topological polar surface area (TPSA) is 30.7 Å². The minimum Gasteiger partial charge on any atom is -0.255 e. The Bertz CT molecular complexity index is 244. The van der Waals surface area contributed by atoms with Crippen molar-refractivity contribution in [2.75, 3.05) is 0 Å². The summed E-state index contributed by atoms with van der Waals surface area (Å²) in [5.74, 6) is 0.448. The van der Waals surface area contributed by atoms with Crippen LogP contribution in [0.1, 0.15) is 19.5 Å². The summed E-state index contributed by atoms with van der Waals surface area (Å²) in [5.41, 5.74) is 1.01. The molecule has 0 saturated carbocycles. The van der Waals surface area contributed by atoms with E-state index in [0.717, 1.165) is 12.1 Å². The molecule has 0 spiro atoms. The Balaban J connectivity index is 2.52. The summed E-state index contributed by atoms with van der Waals surface area (Å²) >= 11 is 5.93.